The van der Waals surface area contributed by atoms with Crippen molar-refractivity contribution in [3.05, 3.63) is 79.5 Å². The lowest BCUT2D eigenvalue weighted by molar-refractivity contribution is 0.103. The topological polar surface area (TPSA) is 38.3 Å². The highest BCUT2D eigenvalue weighted by molar-refractivity contribution is 7.12. The first kappa shape index (κ1) is 18.8. The fourth-order valence-corrected chi connectivity index (χ4v) is 3.83. The Labute approximate surface area is 166 Å². The number of hydrogen-bond donors (Lipinski definition) is 1. The van der Waals surface area contributed by atoms with E-state index >= 15 is 0 Å². The Balaban J connectivity index is 1.69. The molecule has 3 rings (SSSR count). The lowest BCUT2D eigenvalue weighted by atomic mass is 10.1. The molecule has 1 heterocycles. The van der Waals surface area contributed by atoms with Crippen molar-refractivity contribution in [3.8, 4) is 5.75 Å². The zero-order chi connectivity index (χ0) is 18.7. The van der Waals surface area contributed by atoms with Crippen molar-refractivity contribution in [2.75, 3.05) is 5.32 Å². The zero-order valence-corrected chi connectivity index (χ0v) is 16.6. The summed E-state index contributed by atoms with van der Waals surface area (Å²) in [5.74, 6) is 0.635. The molecular formula is C20H17Cl2NO2S. The molecule has 26 heavy (non-hydrogen) atoms. The number of carbonyl (C=O) groups is 1. The average Bonchev–Trinajstić information content (AvgIpc) is 3.07. The highest BCUT2D eigenvalue weighted by atomic mass is 35.5. The Bertz CT molecular complexity index is 912. The molecule has 0 aliphatic heterocycles. The number of hydrogen-bond acceptors (Lipinski definition) is 3. The van der Waals surface area contributed by atoms with E-state index in [2.05, 4.69) is 5.32 Å². The molecule has 0 spiro atoms. The highest BCUT2D eigenvalue weighted by Crippen LogP contribution is 2.31. The molecule has 3 nitrogen and oxygen atoms in total. The number of anilines is 1. The molecule has 1 N–H and O–H groups in total. The van der Waals surface area contributed by atoms with Crippen LogP contribution in [0.4, 0.5) is 5.69 Å². The molecule has 3 aromatic rings. The van der Waals surface area contributed by atoms with Gasteiger partial charge in [0.05, 0.1) is 20.6 Å². The molecule has 0 saturated heterocycles. The second kappa shape index (κ2) is 8.12. The van der Waals surface area contributed by atoms with Crippen LogP contribution in [0.25, 0.3) is 0 Å². The number of carbonyl (C=O) groups excluding carboxylic acids is 1. The molecule has 2 aromatic carbocycles. The fourth-order valence-electron chi connectivity index (χ4n) is 2.55. The van der Waals surface area contributed by atoms with Crippen LogP contribution in [0.5, 0.6) is 5.75 Å². The normalized spacial score (nSPS) is 10.6. The number of aryl methyl sites for hydroxylation is 2. The quantitative estimate of drug-likeness (QED) is 0.525. The molecule has 1 aromatic heterocycles. The smallest absolute Gasteiger partial charge is 0.265 e. The minimum absolute atomic E-state index is 0.247. The number of amides is 1. The van der Waals surface area contributed by atoms with E-state index < -0.39 is 0 Å². The number of nitrogens with one attached hydrogen (secondary N) is 1. The highest BCUT2D eigenvalue weighted by Gasteiger charge is 2.14. The van der Waals surface area contributed by atoms with E-state index in [1.807, 2.05) is 43.5 Å². The number of ether oxygens (including phenoxy) is 1. The Hall–Kier alpha value is -2.01. The molecule has 0 bridgehead atoms. The summed E-state index contributed by atoms with van der Waals surface area (Å²) < 4.78 is 5.94. The largest absolute Gasteiger partial charge is 0.488 e. The van der Waals surface area contributed by atoms with Crippen molar-refractivity contribution in [2.45, 2.75) is 20.5 Å². The Kier molecular flexibility index (Phi) is 5.87. The molecule has 0 aliphatic rings. The van der Waals surface area contributed by atoms with Gasteiger partial charge in [-0.05, 0) is 48.6 Å². The van der Waals surface area contributed by atoms with Gasteiger partial charge in [-0.1, -0.05) is 47.5 Å². The molecule has 0 radical (unpaired) electrons. The van der Waals surface area contributed by atoms with Crippen LogP contribution in [-0.2, 0) is 6.61 Å². The van der Waals surface area contributed by atoms with Crippen LogP contribution in [-0.4, -0.2) is 5.91 Å². The van der Waals surface area contributed by atoms with E-state index in [0.29, 0.717) is 27.2 Å². The van der Waals surface area contributed by atoms with Crippen molar-refractivity contribution < 1.29 is 9.53 Å². The van der Waals surface area contributed by atoms with E-state index in [-0.39, 0.29) is 5.91 Å². The van der Waals surface area contributed by atoms with Crippen molar-refractivity contribution in [1.82, 2.24) is 0 Å². The molecule has 0 atom stereocenters. The standard InChI is InChI=1S/C20H17Cl2NO2S/c1-12-5-3-6-13(2)19(12)25-10-14-9-17(26-11-14)20(24)23-18-15(21)7-4-8-16(18)22/h3-9,11H,10H2,1-2H3,(H,23,24). The zero-order valence-electron chi connectivity index (χ0n) is 14.3. The number of thiophene rings is 1. The van der Waals surface area contributed by atoms with Crippen LogP contribution in [0.15, 0.2) is 47.8 Å². The number of benzene rings is 2. The number of rotatable bonds is 5. The summed E-state index contributed by atoms with van der Waals surface area (Å²) in [4.78, 5) is 13.0. The molecule has 0 fully saturated rings. The van der Waals surface area contributed by atoms with Gasteiger partial charge in [-0.2, -0.15) is 0 Å². The summed E-state index contributed by atoms with van der Waals surface area (Å²) in [5, 5.41) is 5.49. The van der Waals surface area contributed by atoms with Gasteiger partial charge in [-0.3, -0.25) is 4.79 Å². The summed E-state index contributed by atoms with van der Waals surface area (Å²) in [6.07, 6.45) is 0. The molecular weight excluding hydrogens is 389 g/mol. The first-order valence-corrected chi connectivity index (χ1v) is 9.61. The Morgan fingerprint density at radius 1 is 1.08 bits per heavy atom. The Morgan fingerprint density at radius 2 is 1.69 bits per heavy atom. The SMILES string of the molecule is Cc1cccc(C)c1OCc1csc(C(=O)Nc2c(Cl)cccc2Cl)c1. The van der Waals surface area contributed by atoms with Crippen LogP contribution in [0.2, 0.25) is 10.0 Å². The van der Waals surface area contributed by atoms with Gasteiger partial charge in [-0.25, -0.2) is 0 Å². The maximum Gasteiger partial charge on any atom is 0.265 e. The van der Waals surface area contributed by atoms with Crippen LogP contribution in [0.3, 0.4) is 0 Å². The number of para-hydroxylation sites is 2. The summed E-state index contributed by atoms with van der Waals surface area (Å²) in [7, 11) is 0. The molecule has 0 unspecified atom stereocenters. The van der Waals surface area contributed by atoms with Gasteiger partial charge < -0.3 is 10.1 Å². The first-order valence-electron chi connectivity index (χ1n) is 7.97. The van der Waals surface area contributed by atoms with Crippen molar-refractivity contribution in [1.29, 1.82) is 0 Å². The Morgan fingerprint density at radius 3 is 2.35 bits per heavy atom. The lowest BCUT2D eigenvalue weighted by Crippen LogP contribution is -2.11. The van der Waals surface area contributed by atoms with Gasteiger partial charge in [-0.15, -0.1) is 11.3 Å². The predicted octanol–water partition coefficient (Wildman–Crippen LogP) is 6.50. The van der Waals surface area contributed by atoms with Crippen LogP contribution < -0.4 is 10.1 Å². The van der Waals surface area contributed by atoms with E-state index in [9.17, 15) is 4.79 Å². The molecule has 134 valence electrons. The van der Waals surface area contributed by atoms with Crippen molar-refractivity contribution >= 4 is 46.1 Å². The summed E-state index contributed by atoms with van der Waals surface area (Å²) >= 11 is 13.5. The van der Waals surface area contributed by atoms with E-state index in [1.54, 1.807) is 18.2 Å². The van der Waals surface area contributed by atoms with E-state index in [1.165, 1.54) is 11.3 Å². The second-order valence-electron chi connectivity index (χ2n) is 5.88. The maximum atomic E-state index is 12.5. The summed E-state index contributed by atoms with van der Waals surface area (Å²) in [6.45, 7) is 4.44. The monoisotopic (exact) mass is 405 g/mol. The summed E-state index contributed by atoms with van der Waals surface area (Å²) in [6, 6.07) is 12.9. The molecule has 0 saturated carbocycles. The van der Waals surface area contributed by atoms with Gasteiger partial charge in [0.25, 0.3) is 5.91 Å². The molecule has 0 aliphatic carbocycles. The van der Waals surface area contributed by atoms with Crippen LogP contribution in [0, 0.1) is 13.8 Å². The minimum atomic E-state index is -0.247. The summed E-state index contributed by atoms with van der Waals surface area (Å²) in [5.41, 5.74) is 3.54. The molecule has 6 heteroatoms. The predicted molar refractivity (Wildman–Crippen MR) is 109 cm³/mol. The maximum absolute atomic E-state index is 12.5. The third kappa shape index (κ3) is 4.21. The van der Waals surface area contributed by atoms with E-state index in [4.69, 9.17) is 27.9 Å². The minimum Gasteiger partial charge on any atom is -0.488 e. The third-order valence-electron chi connectivity index (χ3n) is 3.87. The fraction of sp³-hybridized carbons (Fsp3) is 0.150. The first-order chi connectivity index (χ1) is 12.5. The van der Waals surface area contributed by atoms with Crippen molar-refractivity contribution in [2.24, 2.45) is 0 Å². The van der Waals surface area contributed by atoms with Gasteiger partial charge in [0.2, 0.25) is 0 Å². The van der Waals surface area contributed by atoms with Gasteiger partial charge in [0.1, 0.15) is 12.4 Å². The second-order valence-corrected chi connectivity index (χ2v) is 7.61. The van der Waals surface area contributed by atoms with Crippen LogP contribution in [0.1, 0.15) is 26.4 Å². The van der Waals surface area contributed by atoms with Gasteiger partial charge in [0, 0.05) is 5.56 Å². The number of halogens is 2. The van der Waals surface area contributed by atoms with E-state index in [0.717, 1.165) is 22.4 Å². The molecule has 1 amide bonds. The average molecular weight is 406 g/mol. The van der Waals surface area contributed by atoms with Gasteiger partial charge in [0.15, 0.2) is 0 Å². The lowest BCUT2D eigenvalue weighted by Gasteiger charge is -2.11. The van der Waals surface area contributed by atoms with Gasteiger partial charge >= 0.3 is 0 Å². The van der Waals surface area contributed by atoms with Crippen molar-refractivity contribution in [3.63, 3.8) is 0 Å². The third-order valence-corrected chi connectivity index (χ3v) is 5.48. The van der Waals surface area contributed by atoms with Crippen LogP contribution >= 0.6 is 34.5 Å².